The van der Waals surface area contributed by atoms with Crippen LogP contribution in [0.2, 0.25) is 0 Å². The minimum absolute atomic E-state index is 0.0622. The van der Waals surface area contributed by atoms with E-state index in [2.05, 4.69) is 10.1 Å². The van der Waals surface area contributed by atoms with E-state index in [4.69, 9.17) is 10.5 Å². The lowest BCUT2D eigenvalue weighted by Gasteiger charge is -2.21. The Kier molecular flexibility index (Phi) is 3.24. The number of benzene rings is 1. The van der Waals surface area contributed by atoms with Crippen molar-refractivity contribution in [1.82, 2.24) is 14.8 Å². The minimum Gasteiger partial charge on any atom is -0.491 e. The second-order valence-corrected chi connectivity index (χ2v) is 4.52. The third-order valence-electron chi connectivity index (χ3n) is 3.09. The van der Waals surface area contributed by atoms with E-state index in [0.717, 1.165) is 17.9 Å². The number of nitrogens with two attached hydrogens (primary N) is 1. The molecule has 20 heavy (non-hydrogen) atoms. The molecule has 0 bridgehead atoms. The number of para-hydroxylation sites is 2. The molecule has 0 atom stereocenters. The second kappa shape index (κ2) is 5.20. The number of carbonyl (C=O) groups is 1. The van der Waals surface area contributed by atoms with Crippen LogP contribution in [0.1, 0.15) is 6.42 Å². The molecule has 2 N–H and O–H groups in total. The summed E-state index contributed by atoms with van der Waals surface area (Å²) < 4.78 is 7.07. The van der Waals surface area contributed by atoms with E-state index in [1.807, 2.05) is 24.3 Å². The molecule has 1 aliphatic rings. The van der Waals surface area contributed by atoms with Crippen molar-refractivity contribution in [2.75, 3.05) is 23.8 Å². The fourth-order valence-corrected chi connectivity index (χ4v) is 2.20. The maximum Gasteiger partial charge on any atom is 0.248 e. The molecule has 1 aromatic carbocycles. The number of nitrogen functional groups attached to an aromatic ring is 1. The summed E-state index contributed by atoms with van der Waals surface area (Å²) in [5.74, 6) is 0.835. The van der Waals surface area contributed by atoms with E-state index in [1.54, 1.807) is 4.90 Å². The van der Waals surface area contributed by atoms with Crippen LogP contribution in [-0.4, -0.2) is 33.8 Å². The third-order valence-corrected chi connectivity index (χ3v) is 3.09. The molecule has 0 saturated heterocycles. The summed E-state index contributed by atoms with van der Waals surface area (Å²) in [6, 6.07) is 7.54. The molecule has 0 unspecified atom stereocenters. The van der Waals surface area contributed by atoms with Crippen molar-refractivity contribution in [3.63, 3.8) is 0 Å². The Labute approximate surface area is 116 Å². The normalized spacial score (nSPS) is 14.3. The highest BCUT2D eigenvalue weighted by molar-refractivity contribution is 5.94. The van der Waals surface area contributed by atoms with Crippen molar-refractivity contribution in [1.29, 1.82) is 0 Å². The van der Waals surface area contributed by atoms with Gasteiger partial charge in [-0.25, -0.2) is 9.67 Å². The van der Waals surface area contributed by atoms with Crippen molar-refractivity contribution in [3.8, 4) is 5.75 Å². The minimum atomic E-state index is -0.0622. The average molecular weight is 273 g/mol. The molecular weight excluding hydrogens is 258 g/mol. The predicted octanol–water partition coefficient (Wildman–Crippen LogP) is 0.676. The molecule has 2 heterocycles. The molecule has 104 valence electrons. The number of anilines is 2. The van der Waals surface area contributed by atoms with Crippen LogP contribution in [0.25, 0.3) is 0 Å². The van der Waals surface area contributed by atoms with Crippen LogP contribution in [0.5, 0.6) is 5.75 Å². The summed E-state index contributed by atoms with van der Waals surface area (Å²) in [4.78, 5) is 18.0. The van der Waals surface area contributed by atoms with Crippen LogP contribution in [0.3, 0.4) is 0 Å². The lowest BCUT2D eigenvalue weighted by molar-refractivity contribution is -0.119. The van der Waals surface area contributed by atoms with Gasteiger partial charge in [-0.3, -0.25) is 4.79 Å². The van der Waals surface area contributed by atoms with E-state index < -0.39 is 0 Å². The van der Waals surface area contributed by atoms with Crippen LogP contribution >= 0.6 is 0 Å². The van der Waals surface area contributed by atoms with Gasteiger partial charge in [0.15, 0.2) is 0 Å². The first-order valence-electron chi connectivity index (χ1n) is 6.41. The molecule has 0 aliphatic carbocycles. The highest BCUT2D eigenvalue weighted by atomic mass is 16.5. The molecule has 0 spiro atoms. The van der Waals surface area contributed by atoms with E-state index in [-0.39, 0.29) is 18.4 Å². The summed E-state index contributed by atoms with van der Waals surface area (Å²) in [6.07, 6.45) is 2.24. The molecule has 7 nitrogen and oxygen atoms in total. The average Bonchev–Trinajstić information content (AvgIpc) is 2.74. The largest absolute Gasteiger partial charge is 0.491 e. The van der Waals surface area contributed by atoms with E-state index in [0.29, 0.717) is 13.2 Å². The van der Waals surface area contributed by atoms with Gasteiger partial charge in [-0.05, 0) is 18.6 Å². The van der Waals surface area contributed by atoms with Crippen molar-refractivity contribution < 1.29 is 9.53 Å². The van der Waals surface area contributed by atoms with Gasteiger partial charge in [0.25, 0.3) is 0 Å². The van der Waals surface area contributed by atoms with Gasteiger partial charge in [-0.2, -0.15) is 0 Å². The molecule has 0 radical (unpaired) electrons. The topological polar surface area (TPSA) is 86.3 Å². The van der Waals surface area contributed by atoms with Gasteiger partial charge in [-0.1, -0.05) is 12.1 Å². The fourth-order valence-electron chi connectivity index (χ4n) is 2.20. The summed E-state index contributed by atoms with van der Waals surface area (Å²) in [5, 5.41) is 3.93. The molecule has 0 saturated carbocycles. The molecule has 2 aromatic rings. The lowest BCUT2D eigenvalue weighted by atomic mass is 10.2. The number of amides is 1. The smallest absolute Gasteiger partial charge is 0.248 e. The van der Waals surface area contributed by atoms with Crippen LogP contribution < -0.4 is 15.4 Å². The molecule has 1 amide bonds. The first-order chi connectivity index (χ1) is 9.74. The van der Waals surface area contributed by atoms with Crippen molar-refractivity contribution in [3.05, 3.63) is 30.6 Å². The molecule has 3 rings (SSSR count). The van der Waals surface area contributed by atoms with Gasteiger partial charge in [0.05, 0.1) is 12.3 Å². The first-order valence-corrected chi connectivity index (χ1v) is 6.41. The van der Waals surface area contributed by atoms with Crippen molar-refractivity contribution in [2.45, 2.75) is 13.0 Å². The van der Waals surface area contributed by atoms with Gasteiger partial charge in [-0.15, -0.1) is 5.10 Å². The predicted molar refractivity (Wildman–Crippen MR) is 73.3 cm³/mol. The Bertz CT molecular complexity index is 625. The number of rotatable bonds is 2. The van der Waals surface area contributed by atoms with Crippen LogP contribution in [0.4, 0.5) is 11.6 Å². The molecule has 1 aromatic heterocycles. The zero-order chi connectivity index (χ0) is 13.9. The number of nitrogens with zero attached hydrogens (tertiary/aromatic N) is 4. The van der Waals surface area contributed by atoms with Crippen LogP contribution in [0, 0.1) is 0 Å². The lowest BCUT2D eigenvalue weighted by Crippen LogP contribution is -2.34. The Balaban J connectivity index is 1.83. The maximum atomic E-state index is 12.4. The summed E-state index contributed by atoms with van der Waals surface area (Å²) in [5.41, 5.74) is 6.24. The van der Waals surface area contributed by atoms with Crippen LogP contribution in [0.15, 0.2) is 30.6 Å². The fraction of sp³-hybridized carbons (Fsp3) is 0.308. The number of hydrogen-bond donors (Lipinski definition) is 1. The number of fused-ring (bicyclic) bond motifs is 1. The highest BCUT2D eigenvalue weighted by Crippen LogP contribution is 2.30. The quantitative estimate of drug-likeness (QED) is 0.869. The second-order valence-electron chi connectivity index (χ2n) is 4.52. The molecule has 0 fully saturated rings. The monoisotopic (exact) mass is 273 g/mol. The van der Waals surface area contributed by atoms with E-state index in [9.17, 15) is 4.79 Å². The van der Waals surface area contributed by atoms with Gasteiger partial charge in [0.2, 0.25) is 11.9 Å². The number of carbonyl (C=O) groups excluding carboxylic acids is 1. The Hall–Kier alpha value is -2.57. The summed E-state index contributed by atoms with van der Waals surface area (Å²) in [6.45, 7) is 1.34. The zero-order valence-electron chi connectivity index (χ0n) is 10.9. The third kappa shape index (κ3) is 2.42. The maximum absolute atomic E-state index is 12.4. The molecule has 1 aliphatic heterocycles. The van der Waals surface area contributed by atoms with Gasteiger partial charge >= 0.3 is 0 Å². The zero-order valence-corrected chi connectivity index (χ0v) is 10.9. The van der Waals surface area contributed by atoms with Crippen molar-refractivity contribution in [2.24, 2.45) is 0 Å². The Morgan fingerprint density at radius 3 is 3.05 bits per heavy atom. The number of hydrogen-bond acceptors (Lipinski definition) is 5. The van der Waals surface area contributed by atoms with E-state index in [1.165, 1.54) is 11.0 Å². The van der Waals surface area contributed by atoms with Crippen LogP contribution in [-0.2, 0) is 11.3 Å². The van der Waals surface area contributed by atoms with Gasteiger partial charge < -0.3 is 15.4 Å². The SMILES string of the molecule is Nc1ncn(CC(=O)N2CCCOc3ccccc32)n1. The Morgan fingerprint density at radius 2 is 2.25 bits per heavy atom. The number of ether oxygens (including phenoxy) is 1. The van der Waals surface area contributed by atoms with E-state index >= 15 is 0 Å². The summed E-state index contributed by atoms with van der Waals surface area (Å²) in [7, 11) is 0. The first kappa shape index (κ1) is 12.5. The van der Waals surface area contributed by atoms with Crippen molar-refractivity contribution >= 4 is 17.5 Å². The van der Waals surface area contributed by atoms with Gasteiger partial charge in [0.1, 0.15) is 18.6 Å². The number of aromatic nitrogens is 3. The van der Waals surface area contributed by atoms with Gasteiger partial charge in [0, 0.05) is 6.54 Å². The summed E-state index contributed by atoms with van der Waals surface area (Å²) >= 11 is 0. The molecule has 7 heteroatoms. The molecular formula is C13H15N5O2. The highest BCUT2D eigenvalue weighted by Gasteiger charge is 2.22. The Morgan fingerprint density at radius 1 is 1.40 bits per heavy atom. The standard InChI is InChI=1S/C13H15N5O2/c14-13-15-9-17(16-13)8-12(19)18-6-3-7-20-11-5-2-1-4-10(11)18/h1-2,4-5,9H,3,6-8H2,(H2,14,16).